The van der Waals surface area contributed by atoms with E-state index in [-0.39, 0.29) is 48.3 Å². The average Bonchev–Trinajstić information content (AvgIpc) is 3.09. The van der Waals surface area contributed by atoms with E-state index in [4.69, 9.17) is 0 Å². The minimum atomic E-state index is -0.215. The van der Waals surface area contributed by atoms with Gasteiger partial charge < -0.3 is 15.5 Å². The van der Waals surface area contributed by atoms with Crippen LogP contribution in [0.4, 0.5) is 4.39 Å². The van der Waals surface area contributed by atoms with Gasteiger partial charge in [0.1, 0.15) is 12.4 Å². The summed E-state index contributed by atoms with van der Waals surface area (Å²) >= 11 is 0. The van der Waals surface area contributed by atoms with Crippen molar-refractivity contribution in [1.29, 1.82) is 0 Å². The molecule has 140 valence electrons. The minimum Gasteiger partial charge on any atom is -0.357 e. The molecule has 0 aliphatic carbocycles. The van der Waals surface area contributed by atoms with E-state index >= 15 is 0 Å². The fraction of sp³-hybridized carbons (Fsp3) is 0.556. The maximum Gasteiger partial charge on any atom is 0.244 e. The number of halogens is 2. The lowest BCUT2D eigenvalue weighted by atomic mass is 10.1. The van der Waals surface area contributed by atoms with E-state index in [0.717, 1.165) is 31.5 Å². The molecule has 1 atom stereocenters. The number of aliphatic imine (C=N–C) groups is 1. The van der Waals surface area contributed by atoms with E-state index in [1.165, 1.54) is 6.07 Å². The lowest BCUT2D eigenvalue weighted by Gasteiger charge is -2.19. The molecule has 1 saturated heterocycles. The predicted octanol–water partition coefficient (Wildman–Crippen LogP) is 2.99. The summed E-state index contributed by atoms with van der Waals surface area (Å²) in [5.41, 5.74) is 1.47. The van der Waals surface area contributed by atoms with Crippen molar-refractivity contribution in [3.63, 3.8) is 0 Å². The van der Waals surface area contributed by atoms with Crippen LogP contribution in [0.2, 0.25) is 0 Å². The van der Waals surface area contributed by atoms with Crippen LogP contribution in [0.1, 0.15) is 43.9 Å². The lowest BCUT2D eigenvalue weighted by Crippen LogP contribution is -2.40. The maximum absolute atomic E-state index is 13.7. The van der Waals surface area contributed by atoms with Gasteiger partial charge in [-0.2, -0.15) is 0 Å². The van der Waals surface area contributed by atoms with Gasteiger partial charge in [0.15, 0.2) is 5.96 Å². The van der Waals surface area contributed by atoms with Crippen molar-refractivity contribution in [1.82, 2.24) is 15.5 Å². The molecule has 1 aliphatic heterocycles. The van der Waals surface area contributed by atoms with Crippen LogP contribution in [0.15, 0.2) is 23.2 Å². The summed E-state index contributed by atoms with van der Waals surface area (Å²) in [5, 5.41) is 6.36. The number of benzene rings is 1. The van der Waals surface area contributed by atoms with Crippen LogP contribution >= 0.6 is 24.0 Å². The topological polar surface area (TPSA) is 56.7 Å². The largest absolute Gasteiger partial charge is 0.357 e. The van der Waals surface area contributed by atoms with Crippen molar-refractivity contribution in [2.75, 3.05) is 26.2 Å². The molecular weight excluding hydrogens is 434 g/mol. The van der Waals surface area contributed by atoms with Gasteiger partial charge in [-0.05, 0) is 50.8 Å². The Hall–Kier alpha value is -1.38. The number of amides is 1. The van der Waals surface area contributed by atoms with Gasteiger partial charge in [0.25, 0.3) is 0 Å². The summed E-state index contributed by atoms with van der Waals surface area (Å²) < 4.78 is 13.7. The summed E-state index contributed by atoms with van der Waals surface area (Å²) in [5.74, 6) is 0.407. The Morgan fingerprint density at radius 1 is 1.36 bits per heavy atom. The van der Waals surface area contributed by atoms with E-state index in [1.807, 2.05) is 24.8 Å². The second-order valence-corrected chi connectivity index (χ2v) is 6.16. The van der Waals surface area contributed by atoms with Crippen molar-refractivity contribution in [3.05, 3.63) is 35.1 Å². The van der Waals surface area contributed by atoms with E-state index in [0.29, 0.717) is 18.1 Å². The number of rotatable bonds is 5. The second-order valence-electron chi connectivity index (χ2n) is 6.16. The molecular formula is C18H28FIN4O. The summed E-state index contributed by atoms with van der Waals surface area (Å²) in [7, 11) is 0. The number of hydrogen-bond donors (Lipinski definition) is 2. The van der Waals surface area contributed by atoms with Gasteiger partial charge in [-0.15, -0.1) is 24.0 Å². The Kier molecular flexibility index (Phi) is 9.16. The van der Waals surface area contributed by atoms with Crippen molar-refractivity contribution in [2.24, 2.45) is 4.99 Å². The Morgan fingerprint density at radius 2 is 2.04 bits per heavy atom. The van der Waals surface area contributed by atoms with Crippen LogP contribution in [0.5, 0.6) is 0 Å². The molecule has 0 saturated carbocycles. The van der Waals surface area contributed by atoms with Gasteiger partial charge in [0, 0.05) is 19.6 Å². The zero-order chi connectivity index (χ0) is 17.5. The van der Waals surface area contributed by atoms with Gasteiger partial charge in [-0.1, -0.05) is 12.1 Å². The molecule has 0 aromatic heterocycles. The van der Waals surface area contributed by atoms with Gasteiger partial charge >= 0.3 is 0 Å². The predicted molar refractivity (Wildman–Crippen MR) is 110 cm³/mol. The van der Waals surface area contributed by atoms with Gasteiger partial charge in [0.2, 0.25) is 5.91 Å². The van der Waals surface area contributed by atoms with Gasteiger partial charge in [0.05, 0.1) is 6.04 Å². The molecule has 1 amide bonds. The Morgan fingerprint density at radius 3 is 2.64 bits per heavy atom. The van der Waals surface area contributed by atoms with Crippen LogP contribution in [-0.2, 0) is 4.79 Å². The SMILES string of the molecule is CCNC(=NCC(=O)N1CCCC1)NC(C)c1ccc(C)c(F)c1.I. The molecule has 1 aromatic carbocycles. The fourth-order valence-corrected chi connectivity index (χ4v) is 2.70. The summed E-state index contributed by atoms with van der Waals surface area (Å²) in [6.07, 6.45) is 2.15. The third-order valence-electron chi connectivity index (χ3n) is 4.22. The number of nitrogens with one attached hydrogen (secondary N) is 2. The van der Waals surface area contributed by atoms with Gasteiger partial charge in [-0.3, -0.25) is 4.79 Å². The zero-order valence-corrected chi connectivity index (χ0v) is 17.5. The molecule has 1 heterocycles. The summed E-state index contributed by atoms with van der Waals surface area (Å²) in [6, 6.07) is 5.09. The molecule has 1 aromatic rings. The highest BCUT2D eigenvalue weighted by atomic mass is 127. The highest BCUT2D eigenvalue weighted by molar-refractivity contribution is 14.0. The zero-order valence-electron chi connectivity index (χ0n) is 15.1. The molecule has 7 heteroatoms. The highest BCUT2D eigenvalue weighted by Crippen LogP contribution is 2.16. The number of carbonyl (C=O) groups excluding carboxylic acids is 1. The molecule has 0 radical (unpaired) electrons. The number of nitrogens with zero attached hydrogens (tertiary/aromatic N) is 2. The van der Waals surface area contributed by atoms with Crippen LogP contribution in [0, 0.1) is 12.7 Å². The molecule has 1 aliphatic rings. The summed E-state index contributed by atoms with van der Waals surface area (Å²) in [6.45, 7) is 8.14. The Balaban J connectivity index is 0.00000312. The maximum atomic E-state index is 13.7. The number of carbonyl (C=O) groups is 1. The summed E-state index contributed by atoms with van der Waals surface area (Å²) in [4.78, 5) is 18.3. The highest BCUT2D eigenvalue weighted by Gasteiger charge is 2.17. The van der Waals surface area contributed by atoms with E-state index < -0.39 is 0 Å². The number of guanidine groups is 1. The molecule has 2 rings (SSSR count). The van der Waals surface area contributed by atoms with Crippen LogP contribution in [0.3, 0.4) is 0 Å². The average molecular weight is 462 g/mol. The van der Waals surface area contributed by atoms with E-state index in [9.17, 15) is 9.18 Å². The molecule has 0 bridgehead atoms. The Bertz CT molecular complexity index is 603. The molecule has 2 N–H and O–H groups in total. The number of hydrogen-bond acceptors (Lipinski definition) is 2. The van der Waals surface area contributed by atoms with Crippen LogP contribution in [0.25, 0.3) is 0 Å². The van der Waals surface area contributed by atoms with Gasteiger partial charge in [-0.25, -0.2) is 9.38 Å². The minimum absolute atomic E-state index is 0. The second kappa shape index (κ2) is 10.6. The Labute approximate surface area is 166 Å². The lowest BCUT2D eigenvalue weighted by molar-refractivity contribution is -0.128. The van der Waals surface area contributed by atoms with Crippen molar-refractivity contribution in [2.45, 2.75) is 39.7 Å². The molecule has 0 spiro atoms. The van der Waals surface area contributed by atoms with Crippen molar-refractivity contribution in [3.8, 4) is 0 Å². The molecule has 1 fully saturated rings. The smallest absolute Gasteiger partial charge is 0.244 e. The van der Waals surface area contributed by atoms with Crippen molar-refractivity contribution >= 4 is 35.8 Å². The number of aryl methyl sites for hydroxylation is 1. The van der Waals surface area contributed by atoms with Crippen LogP contribution < -0.4 is 10.6 Å². The first-order valence-corrected chi connectivity index (χ1v) is 8.60. The van der Waals surface area contributed by atoms with E-state index in [1.54, 1.807) is 13.0 Å². The number of likely N-dealkylation sites (tertiary alicyclic amines) is 1. The first-order chi connectivity index (χ1) is 11.5. The standard InChI is InChI=1S/C18H27FN4O.HI/c1-4-20-18(21-12-17(24)23-9-5-6-10-23)22-14(3)15-8-7-13(2)16(19)11-15;/h7-8,11,14H,4-6,9-10,12H2,1-3H3,(H2,20,21,22);1H. The van der Waals surface area contributed by atoms with Crippen molar-refractivity contribution < 1.29 is 9.18 Å². The third-order valence-corrected chi connectivity index (χ3v) is 4.22. The van der Waals surface area contributed by atoms with E-state index in [2.05, 4.69) is 15.6 Å². The third kappa shape index (κ3) is 6.45. The normalized spacial score (nSPS) is 15.5. The molecule has 25 heavy (non-hydrogen) atoms. The van der Waals surface area contributed by atoms with Crippen LogP contribution in [-0.4, -0.2) is 42.9 Å². The quantitative estimate of drug-likeness (QED) is 0.402. The fourth-order valence-electron chi connectivity index (χ4n) is 2.70. The first kappa shape index (κ1) is 21.7. The first-order valence-electron chi connectivity index (χ1n) is 8.60. The molecule has 1 unspecified atom stereocenters. The monoisotopic (exact) mass is 462 g/mol. The molecule has 5 nitrogen and oxygen atoms in total.